The highest BCUT2D eigenvalue weighted by Gasteiger charge is 2.43. The van der Waals surface area contributed by atoms with Gasteiger partial charge in [0.25, 0.3) is 0 Å². The minimum absolute atomic E-state index is 0.0924. The Balaban J connectivity index is 2.68. The van der Waals surface area contributed by atoms with Crippen molar-refractivity contribution in [1.29, 1.82) is 0 Å². The molecule has 0 aliphatic heterocycles. The van der Waals surface area contributed by atoms with Gasteiger partial charge in [0.15, 0.2) is 5.78 Å². The normalized spacial score (nSPS) is 24.0. The molecule has 21 heavy (non-hydrogen) atoms. The van der Waals surface area contributed by atoms with Crippen molar-refractivity contribution in [3.8, 4) is 0 Å². The van der Waals surface area contributed by atoms with Crippen LogP contribution in [0.1, 0.15) is 65.7 Å². The largest absolute Gasteiger partial charge is 0.330 e. The summed E-state index contributed by atoms with van der Waals surface area (Å²) in [6.07, 6.45) is 5.90. The summed E-state index contributed by atoms with van der Waals surface area (Å²) in [7, 11) is 0. The molecule has 1 rings (SSSR count). The fourth-order valence-electron chi connectivity index (χ4n) is 3.22. The molecule has 4 heteroatoms. The number of carbonyl (C=O) groups is 2. The molecule has 1 saturated carbocycles. The molecule has 0 spiro atoms. The summed E-state index contributed by atoms with van der Waals surface area (Å²) in [6, 6.07) is -0.431. The topological polar surface area (TPSA) is 86.2 Å². The van der Waals surface area contributed by atoms with Crippen molar-refractivity contribution < 1.29 is 9.59 Å². The molecule has 0 radical (unpaired) electrons. The molecule has 122 valence electrons. The van der Waals surface area contributed by atoms with Crippen LogP contribution in [0.3, 0.4) is 0 Å². The number of rotatable bonds is 9. The molecule has 3 atom stereocenters. The second-order valence-corrected chi connectivity index (χ2v) is 7.04. The standard InChI is InChI=1S/C17H32N2O2/c1-4-17(2,3)16(21)13-9-7-8-12(13)15(20)14(19)10-5-6-11-18/h12-14H,4-11,18-19H2,1-3H3/t12?,13-,14?/m1/s1. The lowest BCUT2D eigenvalue weighted by atomic mass is 9.74. The van der Waals surface area contributed by atoms with Crippen LogP contribution >= 0.6 is 0 Å². The van der Waals surface area contributed by atoms with Gasteiger partial charge in [-0.3, -0.25) is 9.59 Å². The van der Waals surface area contributed by atoms with Crippen LogP contribution in [0.2, 0.25) is 0 Å². The van der Waals surface area contributed by atoms with Crippen LogP contribution in [0, 0.1) is 17.3 Å². The third kappa shape index (κ3) is 4.62. The predicted octanol–water partition coefficient (Wildman–Crippen LogP) is 2.43. The zero-order valence-corrected chi connectivity index (χ0v) is 13.9. The zero-order valence-electron chi connectivity index (χ0n) is 13.9. The van der Waals surface area contributed by atoms with Gasteiger partial charge in [0.2, 0.25) is 0 Å². The van der Waals surface area contributed by atoms with Crippen LogP contribution in [0.25, 0.3) is 0 Å². The Labute approximate surface area is 129 Å². The summed E-state index contributed by atoms with van der Waals surface area (Å²) in [6.45, 7) is 6.63. The number of carbonyl (C=O) groups excluding carboxylic acids is 2. The first-order valence-corrected chi connectivity index (χ1v) is 8.38. The monoisotopic (exact) mass is 296 g/mol. The third-order valence-corrected chi connectivity index (χ3v) is 5.10. The first-order valence-electron chi connectivity index (χ1n) is 8.38. The van der Waals surface area contributed by atoms with Crippen molar-refractivity contribution >= 4 is 11.6 Å². The molecule has 0 heterocycles. The van der Waals surface area contributed by atoms with Gasteiger partial charge >= 0.3 is 0 Å². The second-order valence-electron chi connectivity index (χ2n) is 7.04. The Bertz CT molecular complexity index is 366. The number of nitrogens with two attached hydrogens (primary N) is 2. The first-order chi connectivity index (χ1) is 9.85. The molecule has 0 aromatic rings. The molecule has 4 N–H and O–H groups in total. The fourth-order valence-corrected chi connectivity index (χ4v) is 3.22. The Kier molecular flexibility index (Phi) is 7.01. The average molecular weight is 296 g/mol. The Morgan fingerprint density at radius 2 is 1.81 bits per heavy atom. The highest BCUT2D eigenvalue weighted by atomic mass is 16.1. The molecule has 0 aromatic carbocycles. The third-order valence-electron chi connectivity index (χ3n) is 5.10. The molecular weight excluding hydrogens is 264 g/mol. The molecule has 1 aliphatic carbocycles. The van der Waals surface area contributed by atoms with Gasteiger partial charge in [-0.2, -0.15) is 0 Å². The van der Waals surface area contributed by atoms with E-state index in [0.717, 1.165) is 38.5 Å². The maximum atomic E-state index is 12.7. The van der Waals surface area contributed by atoms with Crippen LogP contribution in [-0.4, -0.2) is 24.2 Å². The highest BCUT2D eigenvalue weighted by Crippen LogP contribution is 2.39. The first kappa shape index (κ1) is 18.3. The van der Waals surface area contributed by atoms with Crippen LogP contribution in [0.15, 0.2) is 0 Å². The molecule has 4 nitrogen and oxygen atoms in total. The van der Waals surface area contributed by atoms with Gasteiger partial charge in [-0.15, -0.1) is 0 Å². The van der Waals surface area contributed by atoms with E-state index in [0.29, 0.717) is 13.0 Å². The fraction of sp³-hybridized carbons (Fsp3) is 0.882. The van der Waals surface area contributed by atoms with Crippen LogP contribution < -0.4 is 11.5 Å². The van der Waals surface area contributed by atoms with Crippen LogP contribution in [0.5, 0.6) is 0 Å². The summed E-state index contributed by atoms with van der Waals surface area (Å²) in [5.74, 6) is 0.0639. The average Bonchev–Trinajstić information content (AvgIpc) is 2.94. The molecule has 0 saturated heterocycles. The summed E-state index contributed by atoms with van der Waals surface area (Å²) < 4.78 is 0. The van der Waals surface area contributed by atoms with Gasteiger partial charge in [-0.05, 0) is 38.6 Å². The van der Waals surface area contributed by atoms with E-state index in [1.54, 1.807) is 0 Å². The van der Waals surface area contributed by atoms with E-state index in [-0.39, 0.29) is 28.8 Å². The number of hydrogen-bond acceptors (Lipinski definition) is 4. The van der Waals surface area contributed by atoms with Gasteiger partial charge in [0, 0.05) is 17.3 Å². The Morgan fingerprint density at radius 1 is 1.19 bits per heavy atom. The van der Waals surface area contributed by atoms with Crippen molar-refractivity contribution in [2.45, 2.75) is 71.8 Å². The minimum Gasteiger partial charge on any atom is -0.330 e. The minimum atomic E-state index is -0.431. The molecule has 0 aromatic heterocycles. The van der Waals surface area contributed by atoms with E-state index in [1.807, 2.05) is 20.8 Å². The molecule has 0 bridgehead atoms. The van der Waals surface area contributed by atoms with E-state index in [4.69, 9.17) is 11.5 Å². The van der Waals surface area contributed by atoms with E-state index in [1.165, 1.54) is 0 Å². The predicted molar refractivity (Wildman–Crippen MR) is 85.8 cm³/mol. The maximum Gasteiger partial charge on any atom is 0.153 e. The highest BCUT2D eigenvalue weighted by molar-refractivity contribution is 5.94. The van der Waals surface area contributed by atoms with Gasteiger partial charge < -0.3 is 11.5 Å². The van der Waals surface area contributed by atoms with Gasteiger partial charge in [0.05, 0.1) is 6.04 Å². The lowest BCUT2D eigenvalue weighted by molar-refractivity contribution is -0.137. The van der Waals surface area contributed by atoms with Gasteiger partial charge in [-0.25, -0.2) is 0 Å². The van der Waals surface area contributed by atoms with E-state index >= 15 is 0 Å². The number of hydrogen-bond donors (Lipinski definition) is 2. The molecule has 0 amide bonds. The Hall–Kier alpha value is -0.740. The molecule has 1 fully saturated rings. The quantitative estimate of drug-likeness (QED) is 0.640. The summed E-state index contributed by atoms with van der Waals surface area (Å²) in [4.78, 5) is 25.2. The van der Waals surface area contributed by atoms with Crippen molar-refractivity contribution in [2.75, 3.05) is 6.54 Å². The summed E-state index contributed by atoms with van der Waals surface area (Å²) >= 11 is 0. The lowest BCUT2D eigenvalue weighted by Gasteiger charge is -2.28. The number of unbranched alkanes of at least 4 members (excludes halogenated alkanes) is 1. The van der Waals surface area contributed by atoms with Crippen molar-refractivity contribution in [3.05, 3.63) is 0 Å². The Morgan fingerprint density at radius 3 is 2.38 bits per heavy atom. The number of ketones is 2. The van der Waals surface area contributed by atoms with Gasteiger partial charge in [-0.1, -0.05) is 33.6 Å². The number of Topliss-reactive ketones (excluding diaryl/α,β-unsaturated/α-hetero) is 2. The summed E-state index contributed by atoms with van der Waals surface area (Å²) in [5, 5.41) is 0. The van der Waals surface area contributed by atoms with E-state index < -0.39 is 6.04 Å². The zero-order chi connectivity index (χ0) is 16.0. The second kappa shape index (κ2) is 8.04. The van der Waals surface area contributed by atoms with Crippen LogP contribution in [0.4, 0.5) is 0 Å². The smallest absolute Gasteiger partial charge is 0.153 e. The van der Waals surface area contributed by atoms with Crippen LogP contribution in [-0.2, 0) is 9.59 Å². The molecule has 2 unspecified atom stereocenters. The van der Waals surface area contributed by atoms with Crippen molar-refractivity contribution in [3.63, 3.8) is 0 Å². The van der Waals surface area contributed by atoms with Gasteiger partial charge in [0.1, 0.15) is 5.78 Å². The van der Waals surface area contributed by atoms with E-state index in [9.17, 15) is 9.59 Å². The molecule has 1 aliphatic rings. The lowest BCUT2D eigenvalue weighted by Crippen LogP contribution is -2.41. The van der Waals surface area contributed by atoms with Crippen molar-refractivity contribution in [2.24, 2.45) is 28.7 Å². The SMILES string of the molecule is CCC(C)(C)C(=O)[C@@H]1CCCC1C(=O)C(N)CCCCN. The van der Waals surface area contributed by atoms with Crippen molar-refractivity contribution in [1.82, 2.24) is 0 Å². The van der Waals surface area contributed by atoms with E-state index in [2.05, 4.69) is 0 Å². The molecular formula is C17H32N2O2. The maximum absolute atomic E-state index is 12.7. The summed E-state index contributed by atoms with van der Waals surface area (Å²) in [5.41, 5.74) is 11.2.